The van der Waals surface area contributed by atoms with Crippen molar-refractivity contribution in [2.75, 3.05) is 13.7 Å². The smallest absolute Gasteiger partial charge is 0.119 e. The minimum absolute atomic E-state index is 0.195. The summed E-state index contributed by atoms with van der Waals surface area (Å²) in [7, 11) is 1.61. The number of benzene rings is 1. The molecular formula is C14H22O3. The van der Waals surface area contributed by atoms with E-state index in [2.05, 4.69) is 6.92 Å². The highest BCUT2D eigenvalue weighted by atomic mass is 16.5. The van der Waals surface area contributed by atoms with Gasteiger partial charge in [0.05, 0.1) is 19.3 Å². The molecular weight excluding hydrogens is 216 g/mol. The molecule has 1 aromatic rings. The van der Waals surface area contributed by atoms with Crippen LogP contribution in [-0.2, 0) is 4.74 Å². The highest BCUT2D eigenvalue weighted by Gasteiger charge is 2.18. The second kappa shape index (κ2) is 6.03. The average molecular weight is 238 g/mol. The highest BCUT2D eigenvalue weighted by Crippen LogP contribution is 2.22. The maximum atomic E-state index is 10.0. The minimum Gasteiger partial charge on any atom is -0.497 e. The van der Waals surface area contributed by atoms with Crippen LogP contribution in [0.5, 0.6) is 5.75 Å². The molecule has 0 bridgehead atoms. The van der Waals surface area contributed by atoms with E-state index >= 15 is 0 Å². The molecule has 0 heterocycles. The molecule has 1 unspecified atom stereocenters. The van der Waals surface area contributed by atoms with Gasteiger partial charge < -0.3 is 14.6 Å². The molecule has 0 amide bonds. The number of aliphatic hydroxyl groups is 1. The van der Waals surface area contributed by atoms with Gasteiger partial charge in [0, 0.05) is 0 Å². The fraction of sp³-hybridized carbons (Fsp3) is 0.571. The Bertz CT molecular complexity index is 347. The van der Waals surface area contributed by atoms with Crippen LogP contribution in [0.4, 0.5) is 0 Å². The number of hydrogen-bond acceptors (Lipinski definition) is 3. The molecule has 0 aromatic heterocycles. The fourth-order valence-corrected chi connectivity index (χ4v) is 1.35. The lowest BCUT2D eigenvalue weighted by molar-refractivity contribution is -0.0618. The second-order valence-corrected chi connectivity index (χ2v) is 4.72. The first-order valence-corrected chi connectivity index (χ1v) is 5.94. The predicted molar refractivity (Wildman–Crippen MR) is 68.3 cm³/mol. The molecule has 0 saturated heterocycles. The van der Waals surface area contributed by atoms with Crippen LogP contribution < -0.4 is 4.74 Å². The fourth-order valence-electron chi connectivity index (χ4n) is 1.35. The van der Waals surface area contributed by atoms with Gasteiger partial charge in [-0.05, 0) is 38.0 Å². The Morgan fingerprint density at radius 3 is 2.65 bits per heavy atom. The van der Waals surface area contributed by atoms with Gasteiger partial charge in [0.1, 0.15) is 11.9 Å². The van der Waals surface area contributed by atoms with Gasteiger partial charge in [0.15, 0.2) is 0 Å². The standard InChI is InChI=1S/C14H22O3/c1-5-14(2,3)17-10-13(15)11-7-6-8-12(9-11)16-4/h6-9,13,15H,5,10H2,1-4H3. The summed E-state index contributed by atoms with van der Waals surface area (Å²) in [5.41, 5.74) is 0.621. The Balaban J connectivity index is 2.60. The molecule has 3 nitrogen and oxygen atoms in total. The van der Waals surface area contributed by atoms with Gasteiger partial charge in [-0.25, -0.2) is 0 Å². The van der Waals surface area contributed by atoms with Crippen LogP contribution in [0.15, 0.2) is 24.3 Å². The SMILES string of the molecule is CCC(C)(C)OCC(O)c1cccc(OC)c1. The summed E-state index contributed by atoms with van der Waals surface area (Å²) in [6, 6.07) is 7.41. The highest BCUT2D eigenvalue weighted by molar-refractivity contribution is 5.29. The molecule has 0 fully saturated rings. The van der Waals surface area contributed by atoms with E-state index in [9.17, 15) is 5.11 Å². The number of hydrogen-bond donors (Lipinski definition) is 1. The average Bonchev–Trinajstić information content (AvgIpc) is 2.36. The predicted octanol–water partition coefficient (Wildman–Crippen LogP) is 2.93. The molecule has 3 heteroatoms. The van der Waals surface area contributed by atoms with Crippen molar-refractivity contribution in [3.63, 3.8) is 0 Å². The van der Waals surface area contributed by atoms with E-state index in [0.29, 0.717) is 6.61 Å². The van der Waals surface area contributed by atoms with Gasteiger partial charge in [-0.1, -0.05) is 19.1 Å². The largest absolute Gasteiger partial charge is 0.497 e. The van der Waals surface area contributed by atoms with Crippen LogP contribution in [0.1, 0.15) is 38.9 Å². The maximum absolute atomic E-state index is 10.0. The van der Waals surface area contributed by atoms with Crippen molar-refractivity contribution < 1.29 is 14.6 Å². The van der Waals surface area contributed by atoms with Crippen LogP contribution in [0.3, 0.4) is 0 Å². The van der Waals surface area contributed by atoms with E-state index in [1.165, 1.54) is 0 Å². The first kappa shape index (κ1) is 14.0. The molecule has 1 rings (SSSR count). The summed E-state index contributed by atoms with van der Waals surface area (Å²) in [6.45, 7) is 6.41. The van der Waals surface area contributed by atoms with Gasteiger partial charge in [0.2, 0.25) is 0 Å². The van der Waals surface area contributed by atoms with Crippen LogP contribution in [0, 0.1) is 0 Å². The van der Waals surface area contributed by atoms with Gasteiger partial charge in [-0.15, -0.1) is 0 Å². The third-order valence-electron chi connectivity index (χ3n) is 2.96. The molecule has 1 aromatic carbocycles. The van der Waals surface area contributed by atoms with Gasteiger partial charge in [-0.2, -0.15) is 0 Å². The molecule has 0 radical (unpaired) electrons. The molecule has 1 N–H and O–H groups in total. The van der Waals surface area contributed by atoms with Gasteiger partial charge >= 0.3 is 0 Å². The lowest BCUT2D eigenvalue weighted by atomic mass is 10.1. The summed E-state index contributed by atoms with van der Waals surface area (Å²) in [5.74, 6) is 0.747. The van der Waals surface area contributed by atoms with Crippen LogP contribution in [-0.4, -0.2) is 24.4 Å². The summed E-state index contributed by atoms with van der Waals surface area (Å²) >= 11 is 0. The van der Waals surface area contributed by atoms with E-state index in [0.717, 1.165) is 17.7 Å². The van der Waals surface area contributed by atoms with Crippen molar-refractivity contribution in [3.8, 4) is 5.75 Å². The lowest BCUT2D eigenvalue weighted by Crippen LogP contribution is -2.25. The molecule has 1 atom stereocenters. The summed E-state index contributed by atoms with van der Waals surface area (Å²) < 4.78 is 10.8. The molecule has 0 saturated carbocycles. The number of aliphatic hydroxyl groups excluding tert-OH is 1. The molecule has 0 aliphatic heterocycles. The Morgan fingerprint density at radius 1 is 1.35 bits per heavy atom. The molecule has 0 aliphatic rings. The van der Waals surface area contributed by atoms with Crippen LogP contribution in [0.25, 0.3) is 0 Å². The van der Waals surface area contributed by atoms with E-state index in [4.69, 9.17) is 9.47 Å². The number of ether oxygens (including phenoxy) is 2. The van der Waals surface area contributed by atoms with Gasteiger partial charge in [0.25, 0.3) is 0 Å². The second-order valence-electron chi connectivity index (χ2n) is 4.72. The van der Waals surface area contributed by atoms with Gasteiger partial charge in [-0.3, -0.25) is 0 Å². The number of methoxy groups -OCH3 is 1. The van der Waals surface area contributed by atoms with Crippen LogP contribution >= 0.6 is 0 Å². The Kier molecular flexibility index (Phi) is 4.97. The van der Waals surface area contributed by atoms with Crippen molar-refractivity contribution in [3.05, 3.63) is 29.8 Å². The lowest BCUT2D eigenvalue weighted by Gasteiger charge is -2.25. The zero-order valence-electron chi connectivity index (χ0n) is 11.1. The Hall–Kier alpha value is -1.06. The Labute approximate surface area is 103 Å². The van der Waals surface area contributed by atoms with Crippen LogP contribution in [0.2, 0.25) is 0 Å². The normalized spacial score (nSPS) is 13.5. The third kappa shape index (κ3) is 4.36. The van der Waals surface area contributed by atoms with E-state index in [1.807, 2.05) is 38.1 Å². The quantitative estimate of drug-likeness (QED) is 0.828. The first-order valence-electron chi connectivity index (χ1n) is 5.94. The minimum atomic E-state index is -0.615. The molecule has 0 aliphatic carbocycles. The van der Waals surface area contributed by atoms with Crippen molar-refractivity contribution in [1.29, 1.82) is 0 Å². The van der Waals surface area contributed by atoms with E-state index in [-0.39, 0.29) is 5.60 Å². The topological polar surface area (TPSA) is 38.7 Å². The van der Waals surface area contributed by atoms with E-state index < -0.39 is 6.10 Å². The van der Waals surface area contributed by atoms with Crippen molar-refractivity contribution in [1.82, 2.24) is 0 Å². The first-order chi connectivity index (χ1) is 7.98. The molecule has 0 spiro atoms. The third-order valence-corrected chi connectivity index (χ3v) is 2.96. The zero-order valence-corrected chi connectivity index (χ0v) is 11.1. The summed E-state index contributed by atoms with van der Waals surface area (Å²) in [4.78, 5) is 0. The van der Waals surface area contributed by atoms with Crippen molar-refractivity contribution in [2.45, 2.75) is 38.9 Å². The summed E-state index contributed by atoms with van der Waals surface area (Å²) in [6.07, 6.45) is 0.300. The molecule has 17 heavy (non-hydrogen) atoms. The maximum Gasteiger partial charge on any atom is 0.119 e. The number of rotatable bonds is 6. The van der Waals surface area contributed by atoms with Crippen molar-refractivity contribution >= 4 is 0 Å². The Morgan fingerprint density at radius 2 is 2.06 bits per heavy atom. The monoisotopic (exact) mass is 238 g/mol. The van der Waals surface area contributed by atoms with Crippen molar-refractivity contribution in [2.24, 2.45) is 0 Å². The summed E-state index contributed by atoms with van der Waals surface area (Å²) in [5, 5.41) is 10.0. The zero-order chi connectivity index (χ0) is 12.9. The van der Waals surface area contributed by atoms with E-state index in [1.54, 1.807) is 7.11 Å². The molecule has 96 valence electrons.